The number of carbonyl (C=O) groups is 3. The molecule has 0 spiro atoms. The molecular formula is C34H43N3O4. The summed E-state index contributed by atoms with van der Waals surface area (Å²) in [5, 5.41) is 2.47. The van der Waals surface area contributed by atoms with Gasteiger partial charge in [-0.2, -0.15) is 0 Å². The minimum absolute atomic E-state index is 0.198. The lowest BCUT2D eigenvalue weighted by atomic mass is 9.94. The molecule has 1 N–H and O–H groups in total. The number of benzene rings is 2. The van der Waals surface area contributed by atoms with Crippen LogP contribution in [0.15, 0.2) is 49.0 Å². The van der Waals surface area contributed by atoms with Gasteiger partial charge in [0.15, 0.2) is 0 Å². The minimum Gasteiger partial charge on any atom is -0.494 e. The summed E-state index contributed by atoms with van der Waals surface area (Å²) in [6, 6.07) is 14.5. The molecular weight excluding hydrogens is 514 g/mol. The van der Waals surface area contributed by atoms with Gasteiger partial charge in [-0.15, -0.1) is 0 Å². The summed E-state index contributed by atoms with van der Waals surface area (Å²) >= 11 is 0. The summed E-state index contributed by atoms with van der Waals surface area (Å²) in [6.07, 6.45) is 9.78. The highest BCUT2D eigenvalue weighted by atomic mass is 16.5. The minimum atomic E-state index is -0.345. The third-order valence-electron chi connectivity index (χ3n) is 8.75. The normalized spacial score (nSPS) is 20.7. The van der Waals surface area contributed by atoms with Crippen LogP contribution in [-0.4, -0.2) is 52.8 Å². The number of nitrogens with zero attached hydrogens (tertiary/aromatic N) is 2. The van der Waals surface area contributed by atoms with Crippen molar-refractivity contribution in [3.63, 3.8) is 0 Å². The Bertz CT molecular complexity index is 1270. The molecule has 2 aromatic rings. The molecule has 3 amide bonds. The number of amides is 3. The van der Waals surface area contributed by atoms with Crippen molar-refractivity contribution in [3.8, 4) is 5.75 Å². The molecule has 3 aliphatic rings. The molecule has 7 nitrogen and oxygen atoms in total. The molecule has 0 saturated carbocycles. The van der Waals surface area contributed by atoms with E-state index in [2.05, 4.69) is 41.9 Å². The maximum Gasteiger partial charge on any atom is 0.249 e. The van der Waals surface area contributed by atoms with E-state index in [-0.39, 0.29) is 23.8 Å². The first-order valence-electron chi connectivity index (χ1n) is 15.4. The average molecular weight is 558 g/mol. The molecule has 5 rings (SSSR count). The van der Waals surface area contributed by atoms with Crippen LogP contribution in [0.3, 0.4) is 0 Å². The zero-order chi connectivity index (χ0) is 28.8. The van der Waals surface area contributed by atoms with Crippen molar-refractivity contribution >= 4 is 23.4 Å². The zero-order valence-corrected chi connectivity index (χ0v) is 24.3. The van der Waals surface area contributed by atoms with Crippen LogP contribution in [0.4, 0.5) is 0 Å². The fourth-order valence-electron chi connectivity index (χ4n) is 6.41. The number of ether oxygens (including phenoxy) is 1. The molecule has 2 atom stereocenters. The summed E-state index contributed by atoms with van der Waals surface area (Å²) in [6.45, 7) is 8.62. The number of hydrogen-bond donors (Lipinski definition) is 1. The highest BCUT2D eigenvalue weighted by Gasteiger charge is 2.36. The number of aryl methyl sites for hydroxylation is 1. The van der Waals surface area contributed by atoms with Gasteiger partial charge in [0.25, 0.3) is 0 Å². The van der Waals surface area contributed by atoms with Gasteiger partial charge in [-0.25, -0.2) is 0 Å². The molecule has 218 valence electrons. The monoisotopic (exact) mass is 557 g/mol. The molecule has 1 unspecified atom stereocenters. The Morgan fingerprint density at radius 3 is 2.63 bits per heavy atom. The Morgan fingerprint density at radius 1 is 1.05 bits per heavy atom. The number of hydrogen-bond acceptors (Lipinski definition) is 5. The maximum atomic E-state index is 13.3. The van der Waals surface area contributed by atoms with Crippen molar-refractivity contribution in [2.24, 2.45) is 0 Å². The Morgan fingerprint density at radius 2 is 1.85 bits per heavy atom. The van der Waals surface area contributed by atoms with Gasteiger partial charge in [0.2, 0.25) is 17.7 Å². The molecule has 3 aliphatic heterocycles. The Kier molecular flexibility index (Phi) is 9.42. The second-order valence-corrected chi connectivity index (χ2v) is 11.7. The van der Waals surface area contributed by atoms with Crippen LogP contribution in [0.25, 0.3) is 5.70 Å². The van der Waals surface area contributed by atoms with Crippen LogP contribution in [0, 0.1) is 0 Å². The first kappa shape index (κ1) is 28.9. The molecule has 41 heavy (non-hydrogen) atoms. The second-order valence-electron chi connectivity index (χ2n) is 11.7. The van der Waals surface area contributed by atoms with E-state index in [0.717, 1.165) is 80.7 Å². The van der Waals surface area contributed by atoms with Gasteiger partial charge in [-0.05, 0) is 80.2 Å². The van der Waals surface area contributed by atoms with Crippen molar-refractivity contribution in [2.45, 2.75) is 96.2 Å². The van der Waals surface area contributed by atoms with Gasteiger partial charge in [0.05, 0.1) is 13.0 Å². The first-order chi connectivity index (χ1) is 19.9. The quantitative estimate of drug-likeness (QED) is 0.296. The van der Waals surface area contributed by atoms with Gasteiger partial charge in [-0.3, -0.25) is 19.7 Å². The SMILES string of the molecule is C=C1c2ccc(CCC[C@H]3CCCCN3C(=O)Cc3ccc(OCCCC)cc3)cc2CN1C1CCC(=O)NC1=O. The van der Waals surface area contributed by atoms with E-state index in [9.17, 15) is 14.4 Å². The smallest absolute Gasteiger partial charge is 0.249 e. The highest BCUT2D eigenvalue weighted by molar-refractivity contribution is 6.01. The fourth-order valence-corrected chi connectivity index (χ4v) is 6.41. The lowest BCUT2D eigenvalue weighted by molar-refractivity contribution is -0.137. The summed E-state index contributed by atoms with van der Waals surface area (Å²) in [5.74, 6) is 0.662. The topological polar surface area (TPSA) is 79.0 Å². The van der Waals surface area contributed by atoms with Crippen LogP contribution >= 0.6 is 0 Å². The molecule has 7 heteroatoms. The van der Waals surface area contributed by atoms with Gasteiger partial charge in [0.1, 0.15) is 11.8 Å². The molecule has 3 heterocycles. The van der Waals surface area contributed by atoms with Crippen molar-refractivity contribution in [1.29, 1.82) is 0 Å². The largest absolute Gasteiger partial charge is 0.494 e. The van der Waals surface area contributed by atoms with Crippen molar-refractivity contribution in [1.82, 2.24) is 15.1 Å². The number of fused-ring (bicyclic) bond motifs is 1. The number of piperidine rings is 2. The fraction of sp³-hybridized carbons (Fsp3) is 0.500. The van der Waals surface area contributed by atoms with Crippen LogP contribution in [0.2, 0.25) is 0 Å². The number of nitrogens with one attached hydrogen (secondary N) is 1. The Balaban J connectivity index is 1.13. The molecule has 0 radical (unpaired) electrons. The second kappa shape index (κ2) is 13.4. The predicted molar refractivity (Wildman–Crippen MR) is 160 cm³/mol. The number of carbonyl (C=O) groups excluding carboxylic acids is 3. The zero-order valence-electron chi connectivity index (χ0n) is 24.3. The van der Waals surface area contributed by atoms with Gasteiger partial charge < -0.3 is 14.5 Å². The number of likely N-dealkylation sites (tertiary alicyclic amines) is 1. The van der Waals surface area contributed by atoms with E-state index in [1.54, 1.807) is 0 Å². The van der Waals surface area contributed by atoms with E-state index >= 15 is 0 Å². The van der Waals surface area contributed by atoms with Gasteiger partial charge >= 0.3 is 0 Å². The average Bonchev–Trinajstić information content (AvgIpc) is 3.29. The number of imide groups is 1. The Labute approximate surface area is 243 Å². The molecule has 0 aromatic heterocycles. The standard InChI is InChI=1S/C34H43N3O4/c1-3-4-20-41-29-14-11-26(12-15-29)22-33(39)36-19-6-5-9-28(36)10-7-8-25-13-16-30-24(2)37(23-27(30)21-25)31-17-18-32(38)35-34(31)40/h11-16,21,28,31H,2-10,17-20,22-23H2,1H3,(H,35,38,40)/t28-,31?/m1/s1. The predicted octanol–water partition coefficient (Wildman–Crippen LogP) is 5.40. The third-order valence-corrected chi connectivity index (χ3v) is 8.75. The van der Waals surface area contributed by atoms with Gasteiger partial charge in [0, 0.05) is 36.8 Å². The number of rotatable bonds is 11. The van der Waals surface area contributed by atoms with E-state index in [4.69, 9.17) is 4.74 Å². The van der Waals surface area contributed by atoms with Crippen molar-refractivity contribution in [3.05, 3.63) is 71.3 Å². The van der Waals surface area contributed by atoms with Crippen LogP contribution in [-0.2, 0) is 33.8 Å². The van der Waals surface area contributed by atoms with Crippen molar-refractivity contribution < 1.29 is 19.1 Å². The molecule has 2 saturated heterocycles. The summed E-state index contributed by atoms with van der Waals surface area (Å²) < 4.78 is 5.76. The molecule has 0 aliphatic carbocycles. The van der Waals surface area contributed by atoms with E-state index in [0.29, 0.717) is 31.8 Å². The Hall–Kier alpha value is -3.61. The van der Waals surface area contributed by atoms with Gasteiger partial charge in [-0.1, -0.05) is 50.3 Å². The summed E-state index contributed by atoms with van der Waals surface area (Å²) in [4.78, 5) is 41.5. The van der Waals surface area contributed by atoms with Crippen LogP contribution in [0.1, 0.15) is 87.0 Å². The molecule has 0 bridgehead atoms. The van der Waals surface area contributed by atoms with E-state index < -0.39 is 0 Å². The summed E-state index contributed by atoms with van der Waals surface area (Å²) in [5.41, 5.74) is 5.44. The summed E-state index contributed by atoms with van der Waals surface area (Å²) in [7, 11) is 0. The first-order valence-corrected chi connectivity index (χ1v) is 15.4. The third kappa shape index (κ3) is 7.00. The van der Waals surface area contributed by atoms with E-state index in [1.165, 1.54) is 17.5 Å². The van der Waals surface area contributed by atoms with Crippen molar-refractivity contribution in [2.75, 3.05) is 13.2 Å². The lowest BCUT2D eigenvalue weighted by Gasteiger charge is -2.36. The van der Waals surface area contributed by atoms with Crippen LogP contribution < -0.4 is 10.1 Å². The number of unbranched alkanes of at least 4 members (excludes halogenated alkanes) is 1. The molecule has 2 aromatic carbocycles. The highest BCUT2D eigenvalue weighted by Crippen LogP contribution is 2.36. The maximum absolute atomic E-state index is 13.3. The lowest BCUT2D eigenvalue weighted by Crippen LogP contribution is -2.50. The van der Waals surface area contributed by atoms with Crippen LogP contribution in [0.5, 0.6) is 5.75 Å². The van der Waals surface area contributed by atoms with E-state index in [1.807, 2.05) is 29.2 Å². The molecule has 2 fully saturated rings.